The van der Waals surface area contributed by atoms with Crippen LogP contribution in [0.3, 0.4) is 0 Å². The van der Waals surface area contributed by atoms with Crippen molar-refractivity contribution in [3.05, 3.63) is 36.5 Å². The molecule has 0 aliphatic heterocycles. The number of allylic oxidation sites excluding steroid dienone is 5. The zero-order valence-corrected chi connectivity index (χ0v) is 56.9. The second kappa shape index (κ2) is 73.5. The fourth-order valence-corrected chi connectivity index (χ4v) is 12.1. The molecule has 0 aliphatic carbocycles. The molecule has 0 aromatic rings. The number of esters is 1. The molecule has 6 nitrogen and oxygen atoms in total. The fraction of sp³-hybridized carbons (Fsp3) is 0.897. The summed E-state index contributed by atoms with van der Waals surface area (Å²) in [6, 6.07) is -0.627. The number of nitrogens with one attached hydrogen (secondary N) is 1. The number of hydrogen-bond donors (Lipinski definition) is 3. The Bertz CT molecular complexity index is 1360. The van der Waals surface area contributed by atoms with Gasteiger partial charge in [-0.15, -0.1) is 0 Å². The normalized spacial score (nSPS) is 12.7. The summed E-state index contributed by atoms with van der Waals surface area (Å²) in [7, 11) is 0. The van der Waals surface area contributed by atoms with Gasteiger partial charge in [0.1, 0.15) is 0 Å². The summed E-state index contributed by atoms with van der Waals surface area (Å²) in [5, 5.41) is 23.2. The maximum absolute atomic E-state index is 12.5. The molecule has 84 heavy (non-hydrogen) atoms. The highest BCUT2D eigenvalue weighted by molar-refractivity contribution is 5.76. The number of rotatable bonds is 72. The third-order valence-electron chi connectivity index (χ3n) is 17.9. The van der Waals surface area contributed by atoms with E-state index in [1.807, 2.05) is 6.08 Å². The molecule has 6 heteroatoms. The van der Waals surface area contributed by atoms with Crippen molar-refractivity contribution in [3.63, 3.8) is 0 Å². The Balaban J connectivity index is 3.39. The van der Waals surface area contributed by atoms with Crippen LogP contribution in [-0.4, -0.2) is 47.4 Å². The number of hydrogen-bond acceptors (Lipinski definition) is 5. The van der Waals surface area contributed by atoms with Gasteiger partial charge in [0.2, 0.25) is 5.91 Å². The molecular formula is C78H149NO5. The molecule has 0 rings (SSSR count). The minimum Gasteiger partial charge on any atom is -0.466 e. The van der Waals surface area contributed by atoms with E-state index >= 15 is 0 Å². The topological polar surface area (TPSA) is 95.9 Å². The molecule has 0 aromatic carbocycles. The number of ether oxygens (including phenoxy) is 1. The van der Waals surface area contributed by atoms with Gasteiger partial charge in [-0.3, -0.25) is 9.59 Å². The van der Waals surface area contributed by atoms with Gasteiger partial charge in [-0.25, -0.2) is 0 Å². The molecule has 0 spiro atoms. The number of unbranched alkanes of at least 4 members (excludes halogenated alkanes) is 57. The first-order valence-electron chi connectivity index (χ1n) is 38.3. The molecule has 2 atom stereocenters. The van der Waals surface area contributed by atoms with Crippen molar-refractivity contribution in [1.29, 1.82) is 0 Å². The van der Waals surface area contributed by atoms with E-state index in [-0.39, 0.29) is 18.5 Å². The van der Waals surface area contributed by atoms with E-state index in [0.29, 0.717) is 19.4 Å². The monoisotopic (exact) mass is 1180 g/mol. The van der Waals surface area contributed by atoms with Crippen LogP contribution >= 0.6 is 0 Å². The second-order valence-corrected chi connectivity index (χ2v) is 26.3. The molecule has 0 aromatic heterocycles. The molecular weight excluding hydrogens is 1030 g/mol. The highest BCUT2D eigenvalue weighted by Crippen LogP contribution is 2.19. The molecule has 0 saturated heterocycles. The lowest BCUT2D eigenvalue weighted by atomic mass is 10.0. The largest absolute Gasteiger partial charge is 0.466 e. The molecule has 0 bridgehead atoms. The van der Waals surface area contributed by atoms with Crippen LogP contribution in [0.5, 0.6) is 0 Å². The number of carbonyl (C=O) groups excluding carboxylic acids is 2. The quantitative estimate of drug-likeness (QED) is 0.0320. The molecule has 0 heterocycles. The lowest BCUT2D eigenvalue weighted by molar-refractivity contribution is -0.143. The zero-order valence-electron chi connectivity index (χ0n) is 56.9. The lowest BCUT2D eigenvalue weighted by Gasteiger charge is -2.20. The molecule has 3 N–H and O–H groups in total. The van der Waals surface area contributed by atoms with Crippen LogP contribution in [0.1, 0.15) is 425 Å². The predicted octanol–water partition coefficient (Wildman–Crippen LogP) is 25.0. The van der Waals surface area contributed by atoms with Crippen LogP contribution in [-0.2, 0) is 14.3 Å². The molecule has 2 unspecified atom stereocenters. The molecule has 496 valence electrons. The average molecular weight is 1180 g/mol. The SMILES string of the molecule is CCCCCCCCCCCCCCCCCCC/C=C/C(O)C(CO)NC(=O)CCCCCCCCCCCCCCCCCCC/C=C\C/C=C\CCCCCCCCCCCCCOC(=O)CCCCCCCCCCCCCCC. The van der Waals surface area contributed by atoms with Crippen LogP contribution in [0.2, 0.25) is 0 Å². The van der Waals surface area contributed by atoms with Gasteiger partial charge in [0.15, 0.2) is 0 Å². The van der Waals surface area contributed by atoms with Gasteiger partial charge in [0.25, 0.3) is 0 Å². The van der Waals surface area contributed by atoms with Crippen molar-refractivity contribution in [2.75, 3.05) is 13.2 Å². The van der Waals surface area contributed by atoms with Crippen molar-refractivity contribution in [2.24, 2.45) is 0 Å². The van der Waals surface area contributed by atoms with Crippen LogP contribution in [0.15, 0.2) is 36.5 Å². The minimum absolute atomic E-state index is 0.0187. The zero-order chi connectivity index (χ0) is 60.6. The van der Waals surface area contributed by atoms with E-state index in [1.165, 1.54) is 353 Å². The second-order valence-electron chi connectivity index (χ2n) is 26.3. The Hall–Kier alpha value is -1.92. The summed E-state index contributed by atoms with van der Waals surface area (Å²) in [6.45, 7) is 4.95. The van der Waals surface area contributed by atoms with Crippen LogP contribution in [0, 0.1) is 0 Å². The van der Waals surface area contributed by atoms with E-state index < -0.39 is 12.1 Å². The highest BCUT2D eigenvalue weighted by atomic mass is 16.5. The summed E-state index contributed by atoms with van der Waals surface area (Å²) in [5.41, 5.74) is 0. The van der Waals surface area contributed by atoms with E-state index in [2.05, 4.69) is 43.5 Å². The lowest BCUT2D eigenvalue weighted by Crippen LogP contribution is -2.45. The highest BCUT2D eigenvalue weighted by Gasteiger charge is 2.18. The number of amides is 1. The maximum Gasteiger partial charge on any atom is 0.305 e. The van der Waals surface area contributed by atoms with Gasteiger partial charge in [-0.2, -0.15) is 0 Å². The minimum atomic E-state index is -0.844. The van der Waals surface area contributed by atoms with Gasteiger partial charge in [0.05, 0.1) is 25.4 Å². The molecule has 0 fully saturated rings. The van der Waals surface area contributed by atoms with Crippen molar-refractivity contribution in [2.45, 2.75) is 437 Å². The van der Waals surface area contributed by atoms with Crippen molar-refractivity contribution in [3.8, 4) is 0 Å². The van der Waals surface area contributed by atoms with E-state index in [0.717, 1.165) is 44.9 Å². The summed E-state index contributed by atoms with van der Waals surface area (Å²) in [6.07, 6.45) is 95.4. The van der Waals surface area contributed by atoms with Gasteiger partial charge >= 0.3 is 5.97 Å². The van der Waals surface area contributed by atoms with Gasteiger partial charge in [0, 0.05) is 12.8 Å². The Morgan fingerprint density at radius 3 is 0.905 bits per heavy atom. The van der Waals surface area contributed by atoms with E-state index in [9.17, 15) is 19.8 Å². The Kier molecular flexibility index (Phi) is 71.9. The van der Waals surface area contributed by atoms with E-state index in [1.54, 1.807) is 6.08 Å². The standard InChI is InChI=1S/C78H149NO5/c1-3-5-7-9-11-13-15-17-18-19-37-40-43-47-50-54-58-62-66-70-76(81)75(74-80)79-77(82)71-67-63-59-55-51-48-44-41-38-35-33-31-29-27-25-23-21-20-22-24-26-28-30-32-34-36-39-42-45-49-53-57-61-65-69-73-84-78(83)72-68-64-60-56-52-46-16-14-12-10-8-6-4-2/h22,24,28,30,66,70,75-76,80-81H,3-21,23,25-27,29,31-65,67-69,71-74H2,1-2H3,(H,79,82)/b24-22-,30-28-,70-66+. The molecule has 0 radical (unpaired) electrons. The third kappa shape index (κ3) is 69.2. The third-order valence-corrected chi connectivity index (χ3v) is 17.9. The first-order chi connectivity index (χ1) is 41.5. The Morgan fingerprint density at radius 2 is 0.595 bits per heavy atom. The van der Waals surface area contributed by atoms with Gasteiger partial charge < -0.3 is 20.3 Å². The maximum atomic E-state index is 12.5. The van der Waals surface area contributed by atoms with Crippen molar-refractivity contribution < 1.29 is 24.5 Å². The molecule has 0 saturated carbocycles. The van der Waals surface area contributed by atoms with Crippen LogP contribution < -0.4 is 5.32 Å². The van der Waals surface area contributed by atoms with Crippen LogP contribution in [0.25, 0.3) is 0 Å². The number of aliphatic hydroxyl groups excluding tert-OH is 2. The summed E-state index contributed by atoms with van der Waals surface area (Å²) in [4.78, 5) is 24.6. The summed E-state index contributed by atoms with van der Waals surface area (Å²) < 4.78 is 5.49. The van der Waals surface area contributed by atoms with E-state index in [4.69, 9.17) is 4.74 Å². The predicted molar refractivity (Wildman–Crippen MR) is 370 cm³/mol. The average Bonchev–Trinajstić information content (AvgIpc) is 3.53. The fourth-order valence-electron chi connectivity index (χ4n) is 12.1. The summed E-state index contributed by atoms with van der Waals surface area (Å²) in [5.74, 6) is -0.0432. The Morgan fingerprint density at radius 1 is 0.333 bits per heavy atom. The first kappa shape index (κ1) is 82.1. The molecule has 0 aliphatic rings. The Labute approximate surface area is 525 Å². The van der Waals surface area contributed by atoms with Crippen molar-refractivity contribution in [1.82, 2.24) is 5.32 Å². The van der Waals surface area contributed by atoms with Crippen molar-refractivity contribution >= 4 is 11.9 Å². The molecule has 1 amide bonds. The summed E-state index contributed by atoms with van der Waals surface area (Å²) >= 11 is 0. The number of carbonyl (C=O) groups is 2. The first-order valence-corrected chi connectivity index (χ1v) is 38.3. The smallest absolute Gasteiger partial charge is 0.305 e. The van der Waals surface area contributed by atoms with Gasteiger partial charge in [-0.05, 0) is 64.2 Å². The van der Waals surface area contributed by atoms with Crippen LogP contribution in [0.4, 0.5) is 0 Å². The van der Waals surface area contributed by atoms with Gasteiger partial charge in [-0.1, -0.05) is 384 Å². The number of aliphatic hydroxyl groups is 2.